The molecule has 3 rings (SSSR count). The molecule has 104 valence electrons. The molecule has 0 bridgehead atoms. The van der Waals surface area contributed by atoms with Gasteiger partial charge >= 0.3 is 0 Å². The highest BCUT2D eigenvalue weighted by molar-refractivity contribution is 14.1. The molecule has 0 spiro atoms. The summed E-state index contributed by atoms with van der Waals surface area (Å²) in [5.41, 5.74) is 1.38. The van der Waals surface area contributed by atoms with Crippen molar-refractivity contribution in [3.05, 3.63) is 73.5 Å². The number of fused-ring (bicyclic) bond motifs is 1. The van der Waals surface area contributed by atoms with Gasteiger partial charge in [-0.3, -0.25) is 14.9 Å². The number of carbonyl (C=O) groups excluding carboxylic acids is 1. The predicted molar refractivity (Wildman–Crippen MR) is 87.5 cm³/mol. The number of nitro benzene ring substituents is 1. The van der Waals surface area contributed by atoms with Crippen LogP contribution in [0.25, 0.3) is 10.9 Å². The smallest absolute Gasteiger partial charge is 0.279 e. The Labute approximate surface area is 133 Å². The topological polar surface area (TPSA) is 76.0 Å². The Morgan fingerprint density at radius 2 is 1.86 bits per heavy atom. The van der Waals surface area contributed by atoms with Crippen LogP contribution < -0.4 is 0 Å². The number of nitro groups is 1. The Kier molecular flexibility index (Phi) is 3.46. The molecule has 0 aliphatic rings. The number of aromatic amines is 1. The number of rotatable bonds is 3. The van der Waals surface area contributed by atoms with Gasteiger partial charge in [-0.15, -0.1) is 0 Å². The third kappa shape index (κ3) is 2.31. The van der Waals surface area contributed by atoms with Gasteiger partial charge in [-0.2, -0.15) is 0 Å². The highest BCUT2D eigenvalue weighted by atomic mass is 127. The lowest BCUT2D eigenvalue weighted by Gasteiger charge is -2.03. The molecule has 3 aromatic rings. The van der Waals surface area contributed by atoms with Crippen molar-refractivity contribution in [3.8, 4) is 0 Å². The summed E-state index contributed by atoms with van der Waals surface area (Å²) in [4.78, 5) is 26.3. The van der Waals surface area contributed by atoms with Gasteiger partial charge in [0.05, 0.1) is 21.4 Å². The number of nitrogens with one attached hydrogen (secondary N) is 1. The Morgan fingerprint density at radius 3 is 2.57 bits per heavy atom. The van der Waals surface area contributed by atoms with Gasteiger partial charge in [0.15, 0.2) is 5.78 Å². The van der Waals surface area contributed by atoms with Gasteiger partial charge in [0, 0.05) is 21.4 Å². The van der Waals surface area contributed by atoms with Gasteiger partial charge in [-0.25, -0.2) is 0 Å². The molecule has 0 atom stereocenters. The average Bonchev–Trinajstić information content (AvgIpc) is 2.90. The molecule has 0 saturated carbocycles. The normalized spacial score (nSPS) is 10.7. The van der Waals surface area contributed by atoms with E-state index in [4.69, 9.17) is 0 Å². The van der Waals surface area contributed by atoms with E-state index in [9.17, 15) is 14.9 Å². The minimum Gasteiger partial charge on any atom is -0.360 e. The molecule has 1 heterocycles. The molecule has 0 fully saturated rings. The number of H-pyrrole nitrogens is 1. The molecule has 0 unspecified atom stereocenters. The fourth-order valence-electron chi connectivity index (χ4n) is 2.29. The minimum absolute atomic E-state index is 0.0666. The molecule has 0 saturated heterocycles. The zero-order valence-electron chi connectivity index (χ0n) is 10.7. The molecule has 0 aliphatic carbocycles. The molecule has 0 amide bonds. The lowest BCUT2D eigenvalue weighted by Crippen LogP contribution is -2.03. The van der Waals surface area contributed by atoms with Crippen molar-refractivity contribution in [2.24, 2.45) is 0 Å². The van der Waals surface area contributed by atoms with Gasteiger partial charge in [-0.05, 0) is 40.8 Å². The first-order chi connectivity index (χ1) is 10.1. The van der Waals surface area contributed by atoms with Crippen molar-refractivity contribution >= 4 is 45.0 Å². The second-order valence-electron chi connectivity index (χ2n) is 4.47. The van der Waals surface area contributed by atoms with E-state index in [1.807, 2.05) is 12.1 Å². The zero-order chi connectivity index (χ0) is 15.0. The Balaban J connectivity index is 2.24. The molecule has 6 heteroatoms. The van der Waals surface area contributed by atoms with Crippen molar-refractivity contribution < 1.29 is 9.72 Å². The van der Waals surface area contributed by atoms with Crippen molar-refractivity contribution in [3.63, 3.8) is 0 Å². The number of aromatic nitrogens is 1. The van der Waals surface area contributed by atoms with Crippen LogP contribution in [0, 0.1) is 13.7 Å². The van der Waals surface area contributed by atoms with E-state index >= 15 is 0 Å². The third-order valence-electron chi connectivity index (χ3n) is 3.24. The summed E-state index contributed by atoms with van der Waals surface area (Å²) in [6.45, 7) is 0. The summed E-state index contributed by atoms with van der Waals surface area (Å²) in [5, 5.41) is 11.5. The van der Waals surface area contributed by atoms with Crippen LogP contribution in [0.2, 0.25) is 0 Å². The van der Waals surface area contributed by atoms with Gasteiger partial charge in [-0.1, -0.05) is 18.2 Å². The lowest BCUT2D eigenvalue weighted by molar-refractivity contribution is -0.383. The van der Waals surface area contributed by atoms with E-state index in [2.05, 4.69) is 27.6 Å². The number of ketones is 1. The van der Waals surface area contributed by atoms with Crippen LogP contribution in [0.5, 0.6) is 0 Å². The van der Waals surface area contributed by atoms with E-state index < -0.39 is 4.92 Å². The summed E-state index contributed by atoms with van der Waals surface area (Å²) in [5.74, 6) is -0.222. The second kappa shape index (κ2) is 5.28. The Hall–Kier alpha value is -2.22. The largest absolute Gasteiger partial charge is 0.360 e. The number of non-ortho nitro benzene ring substituents is 1. The number of hydrogen-bond donors (Lipinski definition) is 1. The van der Waals surface area contributed by atoms with Crippen molar-refractivity contribution in [1.29, 1.82) is 0 Å². The van der Waals surface area contributed by atoms with Gasteiger partial charge < -0.3 is 4.98 Å². The third-order valence-corrected chi connectivity index (χ3v) is 4.18. The van der Waals surface area contributed by atoms with E-state index in [0.717, 1.165) is 3.57 Å². The molecule has 21 heavy (non-hydrogen) atoms. The number of carbonyl (C=O) groups is 1. The second-order valence-corrected chi connectivity index (χ2v) is 5.63. The molecule has 0 aliphatic heterocycles. The fraction of sp³-hybridized carbons (Fsp3) is 0. The van der Waals surface area contributed by atoms with Crippen LogP contribution in [0.15, 0.2) is 48.7 Å². The van der Waals surface area contributed by atoms with Crippen molar-refractivity contribution in [2.75, 3.05) is 0 Å². The summed E-state index contributed by atoms with van der Waals surface area (Å²) >= 11 is 2.08. The molecule has 2 aromatic carbocycles. The number of halogens is 1. The SMILES string of the molecule is O=C(c1ccccc1I)c1c[nH]c2cccc([N+](=O)[O-])c12. The van der Waals surface area contributed by atoms with Crippen LogP contribution in [0.1, 0.15) is 15.9 Å². The number of hydrogen-bond acceptors (Lipinski definition) is 3. The molecular formula is C15H9IN2O3. The summed E-state index contributed by atoms with van der Waals surface area (Å²) in [6, 6.07) is 11.9. The highest BCUT2D eigenvalue weighted by Gasteiger charge is 2.22. The predicted octanol–water partition coefficient (Wildman–Crippen LogP) is 3.91. The first kappa shape index (κ1) is 13.7. The van der Waals surface area contributed by atoms with E-state index in [1.165, 1.54) is 12.3 Å². The number of nitrogens with zero attached hydrogens (tertiary/aromatic N) is 1. The van der Waals surface area contributed by atoms with E-state index in [-0.39, 0.29) is 11.5 Å². The van der Waals surface area contributed by atoms with Crippen LogP contribution in [0.3, 0.4) is 0 Å². The van der Waals surface area contributed by atoms with E-state index in [0.29, 0.717) is 22.0 Å². The molecule has 1 N–H and O–H groups in total. The van der Waals surface area contributed by atoms with Gasteiger partial charge in [0.1, 0.15) is 0 Å². The van der Waals surface area contributed by atoms with Crippen molar-refractivity contribution in [1.82, 2.24) is 4.98 Å². The first-order valence-corrected chi connectivity index (χ1v) is 7.21. The quantitative estimate of drug-likeness (QED) is 0.318. The van der Waals surface area contributed by atoms with Crippen molar-refractivity contribution in [2.45, 2.75) is 0 Å². The summed E-state index contributed by atoms with van der Waals surface area (Å²) in [6.07, 6.45) is 1.53. The zero-order valence-corrected chi connectivity index (χ0v) is 12.8. The maximum absolute atomic E-state index is 12.7. The molecular weight excluding hydrogens is 383 g/mol. The van der Waals surface area contributed by atoms with Crippen LogP contribution >= 0.6 is 22.6 Å². The Morgan fingerprint density at radius 1 is 1.10 bits per heavy atom. The van der Waals surface area contributed by atoms with Gasteiger partial charge in [0.25, 0.3) is 5.69 Å². The maximum atomic E-state index is 12.7. The average molecular weight is 392 g/mol. The minimum atomic E-state index is -0.469. The molecule has 0 radical (unpaired) electrons. The van der Waals surface area contributed by atoms with Gasteiger partial charge in [0.2, 0.25) is 0 Å². The highest BCUT2D eigenvalue weighted by Crippen LogP contribution is 2.30. The van der Waals surface area contributed by atoms with E-state index in [1.54, 1.807) is 24.3 Å². The Bertz CT molecular complexity index is 870. The van der Waals surface area contributed by atoms with Crippen LogP contribution in [-0.4, -0.2) is 15.7 Å². The fourth-order valence-corrected chi connectivity index (χ4v) is 2.92. The maximum Gasteiger partial charge on any atom is 0.279 e. The standard InChI is InChI=1S/C15H9IN2O3/c16-11-5-2-1-4-9(11)15(19)10-8-17-12-6-3-7-13(14(10)12)18(20)21/h1-8,17H. The monoisotopic (exact) mass is 392 g/mol. The molecule has 5 nitrogen and oxygen atoms in total. The van der Waals surface area contributed by atoms with Crippen LogP contribution in [0.4, 0.5) is 5.69 Å². The molecule has 1 aromatic heterocycles. The van der Waals surface area contributed by atoms with Crippen LogP contribution in [-0.2, 0) is 0 Å². The summed E-state index contributed by atoms with van der Waals surface area (Å²) < 4.78 is 0.813. The summed E-state index contributed by atoms with van der Waals surface area (Å²) in [7, 11) is 0. The first-order valence-electron chi connectivity index (χ1n) is 6.13. The number of benzene rings is 2. The lowest BCUT2D eigenvalue weighted by atomic mass is 10.0.